The van der Waals surface area contributed by atoms with Gasteiger partial charge in [0.1, 0.15) is 0 Å². The zero-order chi connectivity index (χ0) is 14.7. The van der Waals surface area contributed by atoms with Crippen molar-refractivity contribution in [2.75, 3.05) is 13.1 Å². The molecule has 2 heterocycles. The van der Waals surface area contributed by atoms with Gasteiger partial charge in [0.05, 0.1) is 4.34 Å². The Labute approximate surface area is 135 Å². The van der Waals surface area contributed by atoms with E-state index in [9.17, 15) is 0 Å². The van der Waals surface area contributed by atoms with E-state index < -0.39 is 0 Å². The summed E-state index contributed by atoms with van der Waals surface area (Å²) in [5.74, 6) is 0. The van der Waals surface area contributed by atoms with Gasteiger partial charge in [-0.2, -0.15) is 0 Å². The van der Waals surface area contributed by atoms with E-state index in [-0.39, 0.29) is 0 Å². The molecule has 1 aromatic heterocycles. The highest BCUT2D eigenvalue weighted by molar-refractivity contribution is 7.16. The van der Waals surface area contributed by atoms with Crippen LogP contribution in [0.1, 0.15) is 29.8 Å². The molecule has 0 aliphatic carbocycles. The first-order chi connectivity index (χ1) is 10.2. The second-order valence-corrected chi connectivity index (χ2v) is 7.48. The first-order valence-corrected chi connectivity index (χ1v) is 8.68. The largest absolute Gasteiger partial charge is 0.305 e. The van der Waals surface area contributed by atoms with Crippen LogP contribution in [0.15, 0.2) is 42.5 Å². The van der Waals surface area contributed by atoms with E-state index in [4.69, 9.17) is 11.6 Å². The Bertz CT molecular complexity index is 569. The van der Waals surface area contributed by atoms with Gasteiger partial charge in [-0.05, 0) is 31.0 Å². The molecular formula is C17H21ClN2S. The summed E-state index contributed by atoms with van der Waals surface area (Å²) < 4.78 is 0.871. The molecule has 1 saturated heterocycles. The molecule has 0 spiro atoms. The summed E-state index contributed by atoms with van der Waals surface area (Å²) >= 11 is 7.69. The third-order valence-electron chi connectivity index (χ3n) is 4.03. The minimum Gasteiger partial charge on any atom is -0.305 e. The van der Waals surface area contributed by atoms with Crippen LogP contribution in [0.25, 0.3) is 0 Å². The van der Waals surface area contributed by atoms with Crippen molar-refractivity contribution in [3.05, 3.63) is 57.2 Å². The molecule has 2 aromatic rings. The predicted molar refractivity (Wildman–Crippen MR) is 91.0 cm³/mol. The second kappa shape index (κ2) is 6.93. The van der Waals surface area contributed by atoms with E-state index in [1.54, 1.807) is 11.3 Å². The maximum absolute atomic E-state index is 6.02. The number of hydrogen-bond donors (Lipinski definition) is 1. The van der Waals surface area contributed by atoms with Crippen molar-refractivity contribution in [2.24, 2.45) is 0 Å². The normalized spacial score (nSPS) is 20.8. The molecule has 2 atom stereocenters. The zero-order valence-electron chi connectivity index (χ0n) is 12.3. The van der Waals surface area contributed by atoms with Gasteiger partial charge < -0.3 is 5.32 Å². The number of rotatable bonds is 5. The van der Waals surface area contributed by atoms with Gasteiger partial charge in [0.15, 0.2) is 0 Å². The lowest BCUT2D eigenvalue weighted by Gasteiger charge is -2.20. The number of nitrogens with zero attached hydrogens (tertiary/aromatic N) is 1. The van der Waals surface area contributed by atoms with Gasteiger partial charge in [-0.3, -0.25) is 4.90 Å². The summed E-state index contributed by atoms with van der Waals surface area (Å²) in [6, 6.07) is 15.8. The molecule has 2 nitrogen and oxygen atoms in total. The first-order valence-electron chi connectivity index (χ1n) is 7.48. The Morgan fingerprint density at radius 1 is 1.29 bits per heavy atom. The van der Waals surface area contributed by atoms with Crippen molar-refractivity contribution in [3.63, 3.8) is 0 Å². The molecule has 1 N–H and O–H groups in total. The van der Waals surface area contributed by atoms with Crippen LogP contribution in [-0.4, -0.2) is 24.0 Å². The minimum atomic E-state index is 0.379. The van der Waals surface area contributed by atoms with E-state index in [2.05, 4.69) is 53.5 Å². The molecule has 2 unspecified atom stereocenters. The molecule has 0 radical (unpaired) electrons. The van der Waals surface area contributed by atoms with Gasteiger partial charge in [0.25, 0.3) is 0 Å². The summed E-state index contributed by atoms with van der Waals surface area (Å²) in [5, 5.41) is 3.73. The molecule has 0 saturated carbocycles. The van der Waals surface area contributed by atoms with Crippen LogP contribution in [-0.2, 0) is 6.54 Å². The van der Waals surface area contributed by atoms with E-state index in [0.717, 1.165) is 17.4 Å². The summed E-state index contributed by atoms with van der Waals surface area (Å²) in [6.45, 7) is 5.57. The third kappa shape index (κ3) is 4.07. The molecular weight excluding hydrogens is 300 g/mol. The van der Waals surface area contributed by atoms with Crippen LogP contribution in [0.4, 0.5) is 0 Å². The fraction of sp³-hybridized carbons (Fsp3) is 0.412. The summed E-state index contributed by atoms with van der Waals surface area (Å²) in [6.07, 6.45) is 1.22. The fourth-order valence-corrected chi connectivity index (χ4v) is 4.02. The topological polar surface area (TPSA) is 15.3 Å². The quantitative estimate of drug-likeness (QED) is 0.882. The van der Waals surface area contributed by atoms with E-state index in [0.29, 0.717) is 12.1 Å². The van der Waals surface area contributed by atoms with Crippen LogP contribution in [0.3, 0.4) is 0 Å². The minimum absolute atomic E-state index is 0.379. The summed E-state index contributed by atoms with van der Waals surface area (Å²) in [7, 11) is 0. The Hall–Kier alpha value is -0.870. The van der Waals surface area contributed by atoms with Gasteiger partial charge >= 0.3 is 0 Å². The second-order valence-electron chi connectivity index (χ2n) is 5.74. The number of nitrogens with one attached hydrogen (secondary N) is 1. The van der Waals surface area contributed by atoms with Crippen LogP contribution in [0.5, 0.6) is 0 Å². The maximum Gasteiger partial charge on any atom is 0.0931 e. The van der Waals surface area contributed by atoms with Gasteiger partial charge in [0, 0.05) is 36.6 Å². The lowest BCUT2D eigenvalue weighted by molar-refractivity contribution is 0.316. The number of halogens is 1. The predicted octanol–water partition coefficient (Wildman–Crippen LogP) is 4.33. The highest BCUT2D eigenvalue weighted by Gasteiger charge is 2.24. The molecule has 21 heavy (non-hydrogen) atoms. The summed E-state index contributed by atoms with van der Waals surface area (Å²) in [5.41, 5.74) is 1.40. The monoisotopic (exact) mass is 320 g/mol. The number of thiophene rings is 1. The molecule has 112 valence electrons. The van der Waals surface area contributed by atoms with Crippen LogP contribution in [0, 0.1) is 0 Å². The molecule has 3 rings (SSSR count). The Morgan fingerprint density at radius 3 is 2.81 bits per heavy atom. The molecule has 1 aromatic carbocycles. The number of hydrogen-bond acceptors (Lipinski definition) is 3. The van der Waals surface area contributed by atoms with Crippen molar-refractivity contribution >= 4 is 22.9 Å². The maximum atomic E-state index is 6.02. The molecule has 0 amide bonds. The molecule has 4 heteroatoms. The Morgan fingerprint density at radius 2 is 2.10 bits per heavy atom. The van der Waals surface area contributed by atoms with Crippen LogP contribution >= 0.6 is 22.9 Å². The van der Waals surface area contributed by atoms with Gasteiger partial charge in [-0.1, -0.05) is 41.9 Å². The number of likely N-dealkylation sites (tertiary alicyclic amines) is 1. The zero-order valence-corrected chi connectivity index (χ0v) is 13.8. The smallest absolute Gasteiger partial charge is 0.0931 e. The van der Waals surface area contributed by atoms with Crippen LogP contribution in [0.2, 0.25) is 4.34 Å². The van der Waals surface area contributed by atoms with Gasteiger partial charge in [0.2, 0.25) is 0 Å². The van der Waals surface area contributed by atoms with Gasteiger partial charge in [-0.15, -0.1) is 11.3 Å². The SMILES string of the molecule is CC(NC1CCN(Cc2ccccc2)C1)c1ccc(Cl)s1. The average Bonchev–Trinajstić information content (AvgIpc) is 3.09. The lowest BCUT2D eigenvalue weighted by Crippen LogP contribution is -2.33. The standard InChI is InChI=1S/C17H21ClN2S/c1-13(16-7-8-17(18)21-16)19-15-9-10-20(12-15)11-14-5-3-2-4-6-14/h2-8,13,15,19H,9-12H2,1H3. The molecule has 1 aliphatic rings. The fourth-order valence-electron chi connectivity index (χ4n) is 2.95. The van der Waals surface area contributed by atoms with Crippen LogP contribution < -0.4 is 5.32 Å². The van der Waals surface area contributed by atoms with E-state index in [1.165, 1.54) is 23.4 Å². The summed E-state index contributed by atoms with van der Waals surface area (Å²) in [4.78, 5) is 3.85. The van der Waals surface area contributed by atoms with Gasteiger partial charge in [-0.25, -0.2) is 0 Å². The highest BCUT2D eigenvalue weighted by Crippen LogP contribution is 2.27. The first kappa shape index (κ1) is 15.0. The Kier molecular flexibility index (Phi) is 4.96. The van der Waals surface area contributed by atoms with Crippen molar-refractivity contribution in [1.82, 2.24) is 10.2 Å². The van der Waals surface area contributed by atoms with E-state index in [1.807, 2.05) is 6.07 Å². The number of benzene rings is 1. The van der Waals surface area contributed by atoms with Crippen molar-refractivity contribution in [1.29, 1.82) is 0 Å². The lowest BCUT2D eigenvalue weighted by atomic mass is 10.2. The van der Waals surface area contributed by atoms with Crippen molar-refractivity contribution < 1.29 is 0 Å². The average molecular weight is 321 g/mol. The molecule has 1 aliphatic heterocycles. The Balaban J connectivity index is 1.50. The highest BCUT2D eigenvalue weighted by atomic mass is 35.5. The van der Waals surface area contributed by atoms with E-state index >= 15 is 0 Å². The van der Waals surface area contributed by atoms with Crippen molar-refractivity contribution in [3.8, 4) is 0 Å². The van der Waals surface area contributed by atoms with Crippen molar-refractivity contribution in [2.45, 2.75) is 32.0 Å². The molecule has 1 fully saturated rings. The third-order valence-corrected chi connectivity index (χ3v) is 5.44. The molecule has 0 bridgehead atoms.